The van der Waals surface area contributed by atoms with Gasteiger partial charge in [-0.15, -0.1) is 15.3 Å². The summed E-state index contributed by atoms with van der Waals surface area (Å²) in [6, 6.07) is 9.28. The number of hydrogen-bond donors (Lipinski definition) is 1. The van der Waals surface area contributed by atoms with E-state index >= 15 is 0 Å². The number of imidazole rings is 1. The lowest BCUT2D eigenvalue weighted by molar-refractivity contribution is 0.151. The fourth-order valence-corrected chi connectivity index (χ4v) is 2.78. The van der Waals surface area contributed by atoms with Gasteiger partial charge in [-0.2, -0.15) is 0 Å². The molecule has 0 amide bonds. The monoisotopic (exact) mass is 412 g/mol. The Bertz CT molecular complexity index is 1120. The van der Waals surface area contributed by atoms with E-state index in [-0.39, 0.29) is 12.2 Å². The van der Waals surface area contributed by atoms with Crippen molar-refractivity contribution in [3.8, 4) is 17.4 Å². The summed E-state index contributed by atoms with van der Waals surface area (Å²) in [5, 5.41) is 16.3. The molecule has 11 heteroatoms. The Morgan fingerprint density at radius 1 is 1.07 bits per heavy atom. The maximum absolute atomic E-state index is 12.8. The number of aryl methyl sites for hydroxylation is 1. The van der Waals surface area contributed by atoms with Crippen molar-refractivity contribution in [2.45, 2.75) is 26.5 Å². The SMILES string of the molecule is Cc1nnn(-c2ccc(C(F)F)cc2)c1COc1ccc(-n2cnc(CN)c2)nn1. The lowest BCUT2D eigenvalue weighted by atomic mass is 10.2. The third kappa shape index (κ3) is 4.01. The van der Waals surface area contributed by atoms with Crippen LogP contribution in [0.5, 0.6) is 5.88 Å². The van der Waals surface area contributed by atoms with Crippen molar-refractivity contribution in [2.24, 2.45) is 5.73 Å². The molecule has 2 N–H and O–H groups in total. The first-order valence-electron chi connectivity index (χ1n) is 9.04. The first-order chi connectivity index (χ1) is 14.5. The highest BCUT2D eigenvalue weighted by atomic mass is 19.3. The Labute approximate surface area is 170 Å². The van der Waals surface area contributed by atoms with Gasteiger partial charge < -0.3 is 10.5 Å². The molecular weight excluding hydrogens is 394 g/mol. The number of hydrogen-bond acceptors (Lipinski definition) is 7. The van der Waals surface area contributed by atoms with Crippen LogP contribution in [0.3, 0.4) is 0 Å². The van der Waals surface area contributed by atoms with Crippen LogP contribution >= 0.6 is 0 Å². The van der Waals surface area contributed by atoms with Gasteiger partial charge >= 0.3 is 0 Å². The third-order valence-electron chi connectivity index (χ3n) is 4.44. The molecular formula is C19H18F2N8O. The summed E-state index contributed by atoms with van der Waals surface area (Å²) in [4.78, 5) is 4.15. The summed E-state index contributed by atoms with van der Waals surface area (Å²) < 4.78 is 34.5. The molecule has 3 heterocycles. The van der Waals surface area contributed by atoms with Crippen LogP contribution in [0, 0.1) is 6.92 Å². The Morgan fingerprint density at radius 2 is 1.87 bits per heavy atom. The highest BCUT2D eigenvalue weighted by molar-refractivity contribution is 5.36. The highest BCUT2D eigenvalue weighted by Gasteiger charge is 2.14. The number of ether oxygens (including phenoxy) is 1. The van der Waals surface area contributed by atoms with Crippen LogP contribution < -0.4 is 10.5 Å². The van der Waals surface area contributed by atoms with Crippen molar-refractivity contribution in [1.29, 1.82) is 0 Å². The topological polar surface area (TPSA) is 110 Å². The quantitative estimate of drug-likeness (QED) is 0.497. The second-order valence-electron chi connectivity index (χ2n) is 6.42. The number of aromatic nitrogens is 7. The summed E-state index contributed by atoms with van der Waals surface area (Å²) >= 11 is 0. The predicted octanol–water partition coefficient (Wildman–Crippen LogP) is 2.53. The highest BCUT2D eigenvalue weighted by Crippen LogP contribution is 2.21. The third-order valence-corrected chi connectivity index (χ3v) is 4.44. The van der Waals surface area contributed by atoms with Crippen molar-refractivity contribution in [1.82, 2.24) is 34.7 Å². The van der Waals surface area contributed by atoms with Gasteiger partial charge in [0.1, 0.15) is 18.6 Å². The summed E-state index contributed by atoms with van der Waals surface area (Å²) in [6.07, 6.45) is 0.863. The van der Waals surface area contributed by atoms with Gasteiger partial charge in [0.2, 0.25) is 5.88 Å². The van der Waals surface area contributed by atoms with E-state index in [0.29, 0.717) is 35.3 Å². The number of nitrogens with two attached hydrogens (primary N) is 1. The zero-order chi connectivity index (χ0) is 21.1. The maximum Gasteiger partial charge on any atom is 0.263 e. The van der Waals surface area contributed by atoms with Crippen LogP contribution in [-0.4, -0.2) is 34.7 Å². The molecule has 9 nitrogen and oxygen atoms in total. The Hall–Kier alpha value is -3.73. The standard InChI is InChI=1S/C19H18F2N8O/c1-12-16(29(27-24-12)15-4-2-13(3-5-15)19(20)21)10-30-18-7-6-17(25-26-18)28-9-14(8-22)23-11-28/h2-7,9,11,19H,8,10,22H2,1H3. The number of nitrogens with zero attached hydrogens (tertiary/aromatic N) is 7. The summed E-state index contributed by atoms with van der Waals surface area (Å²) in [7, 11) is 0. The molecule has 154 valence electrons. The summed E-state index contributed by atoms with van der Waals surface area (Å²) in [5.74, 6) is 0.898. The average molecular weight is 412 g/mol. The Kier molecular flexibility index (Phi) is 5.44. The minimum atomic E-state index is -2.52. The molecule has 0 spiro atoms. The zero-order valence-corrected chi connectivity index (χ0v) is 16.0. The van der Waals surface area contributed by atoms with E-state index in [1.165, 1.54) is 12.1 Å². The van der Waals surface area contributed by atoms with Crippen molar-refractivity contribution in [3.05, 3.63) is 71.6 Å². The van der Waals surface area contributed by atoms with Gasteiger partial charge in [0.05, 0.1) is 17.1 Å². The molecule has 0 aliphatic carbocycles. The van der Waals surface area contributed by atoms with Gasteiger partial charge in [-0.1, -0.05) is 17.3 Å². The Balaban J connectivity index is 1.48. The number of alkyl halides is 2. The molecule has 1 aromatic carbocycles. The maximum atomic E-state index is 12.8. The number of benzene rings is 1. The average Bonchev–Trinajstić information content (AvgIpc) is 3.39. The van der Waals surface area contributed by atoms with Crippen molar-refractivity contribution in [2.75, 3.05) is 0 Å². The van der Waals surface area contributed by atoms with Crippen LogP contribution in [0.4, 0.5) is 8.78 Å². The molecule has 0 aliphatic rings. The molecule has 0 saturated carbocycles. The van der Waals surface area contributed by atoms with Gasteiger partial charge in [-0.05, 0) is 25.1 Å². The molecule has 0 fully saturated rings. The van der Waals surface area contributed by atoms with E-state index in [0.717, 1.165) is 5.69 Å². The first-order valence-corrected chi connectivity index (χ1v) is 9.04. The molecule has 30 heavy (non-hydrogen) atoms. The smallest absolute Gasteiger partial charge is 0.263 e. The van der Waals surface area contributed by atoms with Gasteiger partial charge in [-0.3, -0.25) is 4.57 Å². The molecule has 4 aromatic rings. The van der Waals surface area contributed by atoms with Gasteiger partial charge in [-0.25, -0.2) is 18.4 Å². The van der Waals surface area contributed by atoms with E-state index in [9.17, 15) is 8.78 Å². The second kappa shape index (κ2) is 8.33. The fraction of sp³-hybridized carbons (Fsp3) is 0.211. The van der Waals surface area contributed by atoms with Crippen molar-refractivity contribution >= 4 is 0 Å². The van der Waals surface area contributed by atoms with Gasteiger partial charge in [0, 0.05) is 24.4 Å². The van der Waals surface area contributed by atoms with Gasteiger partial charge in [0.15, 0.2) is 5.82 Å². The molecule has 0 unspecified atom stereocenters. The minimum Gasteiger partial charge on any atom is -0.470 e. The van der Waals surface area contributed by atoms with Crippen molar-refractivity contribution < 1.29 is 13.5 Å². The predicted molar refractivity (Wildman–Crippen MR) is 102 cm³/mol. The van der Waals surface area contributed by atoms with Gasteiger partial charge in [0.25, 0.3) is 6.43 Å². The van der Waals surface area contributed by atoms with Crippen LogP contribution in [0.15, 0.2) is 48.9 Å². The molecule has 4 rings (SSSR count). The molecule has 0 bridgehead atoms. The Morgan fingerprint density at radius 3 is 2.50 bits per heavy atom. The molecule has 0 aliphatic heterocycles. The van der Waals surface area contributed by atoms with E-state index in [1.807, 2.05) is 0 Å². The zero-order valence-electron chi connectivity index (χ0n) is 16.0. The number of rotatable bonds is 7. The van der Waals surface area contributed by atoms with E-state index in [4.69, 9.17) is 10.5 Å². The van der Waals surface area contributed by atoms with E-state index in [2.05, 4.69) is 25.5 Å². The van der Waals surface area contributed by atoms with Crippen LogP contribution in [-0.2, 0) is 13.2 Å². The summed E-state index contributed by atoms with van der Waals surface area (Å²) in [6.45, 7) is 2.26. The molecule has 0 radical (unpaired) electrons. The largest absolute Gasteiger partial charge is 0.470 e. The van der Waals surface area contributed by atoms with Crippen LogP contribution in [0.25, 0.3) is 11.5 Å². The molecule has 3 aromatic heterocycles. The minimum absolute atomic E-state index is 0.0553. The normalized spacial score (nSPS) is 11.2. The molecule has 0 atom stereocenters. The lowest BCUT2D eigenvalue weighted by Crippen LogP contribution is -2.08. The van der Waals surface area contributed by atoms with E-state index in [1.54, 1.807) is 53.0 Å². The van der Waals surface area contributed by atoms with Crippen molar-refractivity contribution in [3.63, 3.8) is 0 Å². The second-order valence-corrected chi connectivity index (χ2v) is 6.42. The summed E-state index contributed by atoms with van der Waals surface area (Å²) in [5.41, 5.74) is 8.19. The van der Waals surface area contributed by atoms with E-state index < -0.39 is 6.43 Å². The first kappa shape index (κ1) is 19.6. The fourth-order valence-electron chi connectivity index (χ4n) is 2.78. The number of halogens is 2. The lowest BCUT2D eigenvalue weighted by Gasteiger charge is -2.09. The van der Waals surface area contributed by atoms with Crippen LogP contribution in [0.2, 0.25) is 0 Å². The molecule has 0 saturated heterocycles. The van der Waals surface area contributed by atoms with Crippen LogP contribution in [0.1, 0.15) is 29.1 Å².